The fourth-order valence-electron chi connectivity index (χ4n) is 0.403. The zero-order valence-electron chi connectivity index (χ0n) is 6.30. The van der Waals surface area contributed by atoms with Crippen molar-refractivity contribution in [2.75, 3.05) is 26.9 Å². The molecule has 0 aromatic heterocycles. The molecule has 3 nitrogen and oxygen atoms in total. The first kappa shape index (κ1) is 10.6. The average molecular weight is 260 g/mol. The Hall–Kier alpha value is 0.610. The molecular formula is C6H13IO3. The van der Waals surface area contributed by atoms with Gasteiger partial charge in [0.05, 0.1) is 13.2 Å². The largest absolute Gasteiger partial charge is 0.382 e. The van der Waals surface area contributed by atoms with Gasteiger partial charge in [-0.05, 0) is 29.5 Å². The predicted molar refractivity (Wildman–Crippen MR) is 47.3 cm³/mol. The van der Waals surface area contributed by atoms with Crippen LogP contribution in [0.4, 0.5) is 0 Å². The van der Waals surface area contributed by atoms with Crippen molar-refractivity contribution in [2.24, 2.45) is 0 Å². The highest BCUT2D eigenvalue weighted by atomic mass is 127. The second-order valence-electron chi connectivity index (χ2n) is 1.59. The van der Waals surface area contributed by atoms with Crippen molar-refractivity contribution in [1.82, 2.24) is 0 Å². The highest BCUT2D eigenvalue weighted by molar-refractivity contribution is 14.1. The summed E-state index contributed by atoms with van der Waals surface area (Å²) in [6, 6.07) is 0. The van der Waals surface area contributed by atoms with Crippen LogP contribution in [0.2, 0.25) is 0 Å². The fourth-order valence-corrected chi connectivity index (χ4v) is 1.02. The lowest BCUT2D eigenvalue weighted by atomic mass is 10.8. The summed E-state index contributed by atoms with van der Waals surface area (Å²) >= 11 is 2.08. The molecule has 0 rings (SSSR count). The van der Waals surface area contributed by atoms with E-state index in [2.05, 4.69) is 22.6 Å². The molecule has 0 radical (unpaired) electrons. The van der Waals surface area contributed by atoms with E-state index in [1.165, 1.54) is 0 Å². The third-order valence-electron chi connectivity index (χ3n) is 0.834. The van der Waals surface area contributed by atoms with Gasteiger partial charge in [0.2, 0.25) is 4.30 Å². The Labute approximate surface area is 75.2 Å². The van der Waals surface area contributed by atoms with Crippen molar-refractivity contribution in [3.63, 3.8) is 0 Å². The zero-order valence-corrected chi connectivity index (χ0v) is 8.46. The Morgan fingerprint density at radius 3 is 2.50 bits per heavy atom. The van der Waals surface area contributed by atoms with Crippen LogP contribution in [0, 0.1) is 0 Å². The quantitative estimate of drug-likeness (QED) is 0.313. The summed E-state index contributed by atoms with van der Waals surface area (Å²) in [4.78, 5) is 0. The molecule has 0 amide bonds. The maximum atomic E-state index is 5.16. The van der Waals surface area contributed by atoms with Crippen molar-refractivity contribution in [3.05, 3.63) is 0 Å². The van der Waals surface area contributed by atoms with Crippen LogP contribution in [0.25, 0.3) is 0 Å². The van der Waals surface area contributed by atoms with Crippen LogP contribution in [0.3, 0.4) is 0 Å². The highest BCUT2D eigenvalue weighted by Crippen LogP contribution is 2.03. The molecule has 0 saturated heterocycles. The first-order chi connectivity index (χ1) is 4.81. The minimum absolute atomic E-state index is 0.141. The Morgan fingerprint density at radius 1 is 1.30 bits per heavy atom. The van der Waals surface area contributed by atoms with Gasteiger partial charge >= 0.3 is 0 Å². The van der Waals surface area contributed by atoms with E-state index >= 15 is 0 Å². The van der Waals surface area contributed by atoms with Crippen molar-refractivity contribution < 1.29 is 14.2 Å². The molecule has 0 aliphatic heterocycles. The van der Waals surface area contributed by atoms with E-state index in [9.17, 15) is 0 Å². The molecule has 0 spiro atoms. The molecule has 0 fully saturated rings. The van der Waals surface area contributed by atoms with Crippen LogP contribution in [0.5, 0.6) is 0 Å². The summed E-state index contributed by atoms with van der Waals surface area (Å²) in [7, 11) is 1.65. The Morgan fingerprint density at radius 2 is 2.00 bits per heavy atom. The number of hydrogen-bond acceptors (Lipinski definition) is 3. The molecule has 0 N–H and O–H groups in total. The van der Waals surface area contributed by atoms with E-state index in [1.54, 1.807) is 7.11 Å². The van der Waals surface area contributed by atoms with Gasteiger partial charge in [0.15, 0.2) is 0 Å². The van der Waals surface area contributed by atoms with Gasteiger partial charge in [0.1, 0.15) is 0 Å². The maximum Gasteiger partial charge on any atom is 0.210 e. The fraction of sp³-hybridized carbons (Fsp3) is 1.00. The van der Waals surface area contributed by atoms with Crippen molar-refractivity contribution >= 4 is 22.6 Å². The van der Waals surface area contributed by atoms with Gasteiger partial charge in [-0.3, -0.25) is 0 Å². The van der Waals surface area contributed by atoms with Gasteiger partial charge in [0, 0.05) is 13.7 Å². The maximum absolute atomic E-state index is 5.16. The van der Waals surface area contributed by atoms with Gasteiger partial charge in [-0.25, -0.2) is 0 Å². The minimum Gasteiger partial charge on any atom is -0.382 e. The first-order valence-corrected chi connectivity index (χ1v) is 4.42. The van der Waals surface area contributed by atoms with E-state index in [0.717, 1.165) is 0 Å². The summed E-state index contributed by atoms with van der Waals surface area (Å²) in [6.07, 6.45) is 0. The SMILES string of the molecule is CCOC(I)OCCOC. The Balaban J connectivity index is 2.97. The summed E-state index contributed by atoms with van der Waals surface area (Å²) in [5.41, 5.74) is 0. The van der Waals surface area contributed by atoms with Gasteiger partial charge in [-0.15, -0.1) is 0 Å². The molecule has 0 aliphatic rings. The van der Waals surface area contributed by atoms with Crippen LogP contribution < -0.4 is 0 Å². The van der Waals surface area contributed by atoms with Crippen LogP contribution in [0.1, 0.15) is 6.92 Å². The number of ether oxygens (including phenoxy) is 3. The summed E-state index contributed by atoms with van der Waals surface area (Å²) in [5.74, 6) is 0. The Bertz CT molecular complexity index is 70.0. The zero-order chi connectivity index (χ0) is 7.82. The Kier molecular flexibility index (Phi) is 8.18. The van der Waals surface area contributed by atoms with E-state index in [1.807, 2.05) is 6.92 Å². The highest BCUT2D eigenvalue weighted by Gasteiger charge is 1.99. The monoisotopic (exact) mass is 260 g/mol. The van der Waals surface area contributed by atoms with Gasteiger partial charge in [-0.2, -0.15) is 0 Å². The van der Waals surface area contributed by atoms with Crippen molar-refractivity contribution in [2.45, 2.75) is 11.2 Å². The van der Waals surface area contributed by atoms with E-state index < -0.39 is 0 Å². The molecular weight excluding hydrogens is 247 g/mol. The van der Waals surface area contributed by atoms with Crippen LogP contribution in [-0.4, -0.2) is 31.2 Å². The number of hydrogen-bond donors (Lipinski definition) is 0. The molecule has 1 atom stereocenters. The van der Waals surface area contributed by atoms with Gasteiger partial charge in [-0.1, -0.05) is 0 Å². The van der Waals surface area contributed by atoms with Crippen LogP contribution in [0.15, 0.2) is 0 Å². The summed E-state index contributed by atoms with van der Waals surface area (Å²) in [5, 5.41) is 0. The molecule has 62 valence electrons. The predicted octanol–water partition coefficient (Wildman–Crippen LogP) is 1.40. The molecule has 0 saturated carbocycles. The first-order valence-electron chi connectivity index (χ1n) is 3.17. The normalized spacial score (nSPS) is 13.5. The molecule has 0 heterocycles. The van der Waals surface area contributed by atoms with Crippen LogP contribution >= 0.6 is 22.6 Å². The smallest absolute Gasteiger partial charge is 0.210 e. The van der Waals surface area contributed by atoms with E-state index in [-0.39, 0.29) is 4.30 Å². The minimum atomic E-state index is -0.141. The van der Waals surface area contributed by atoms with Crippen molar-refractivity contribution in [1.29, 1.82) is 0 Å². The molecule has 0 aromatic rings. The molecule has 0 bridgehead atoms. The number of halogens is 1. The van der Waals surface area contributed by atoms with Gasteiger partial charge < -0.3 is 14.2 Å². The summed E-state index contributed by atoms with van der Waals surface area (Å²) < 4.78 is 14.9. The molecule has 1 unspecified atom stereocenters. The standard InChI is InChI=1S/C6H13IO3/c1-3-9-6(7)10-5-4-8-2/h6H,3-5H2,1-2H3. The third-order valence-corrected chi connectivity index (χ3v) is 1.55. The number of rotatable bonds is 6. The van der Waals surface area contributed by atoms with Crippen LogP contribution in [-0.2, 0) is 14.2 Å². The second kappa shape index (κ2) is 7.71. The topological polar surface area (TPSA) is 27.7 Å². The lowest BCUT2D eigenvalue weighted by Gasteiger charge is -2.09. The molecule has 4 heteroatoms. The van der Waals surface area contributed by atoms with E-state index in [4.69, 9.17) is 14.2 Å². The van der Waals surface area contributed by atoms with Gasteiger partial charge in [0.25, 0.3) is 0 Å². The number of alkyl halides is 1. The molecule has 0 aromatic carbocycles. The van der Waals surface area contributed by atoms with E-state index in [0.29, 0.717) is 19.8 Å². The lowest BCUT2D eigenvalue weighted by Crippen LogP contribution is -2.12. The molecule has 0 aliphatic carbocycles. The molecule has 10 heavy (non-hydrogen) atoms. The van der Waals surface area contributed by atoms with Crippen molar-refractivity contribution in [3.8, 4) is 0 Å². The second-order valence-corrected chi connectivity index (χ2v) is 2.61. The third kappa shape index (κ3) is 6.73. The summed E-state index contributed by atoms with van der Waals surface area (Å²) in [6.45, 7) is 3.82. The number of methoxy groups -OCH3 is 1. The lowest BCUT2D eigenvalue weighted by molar-refractivity contribution is -0.0769. The average Bonchev–Trinajstić information content (AvgIpc) is 1.89.